The number of aromatic hydroxyl groups is 1. The standard InChI is InChI=1S/C26H29FN4O3/c1-25-8-4-9-26(2,30-25)15-18(14-25)34-22-6-5-20(28-29-22)24-19(27)11-17(12-21(24)32)16-7-10-31(3)23(33)13-16/h5-7,10-13,18,30,32H,4,8-9,14-15H2,1-3H3/t18?,25-,26+. The van der Waals surface area contributed by atoms with Crippen LogP contribution in [0.1, 0.15) is 46.0 Å². The number of benzene rings is 1. The maximum atomic E-state index is 15.0. The first-order chi connectivity index (χ1) is 16.1. The Balaban J connectivity index is 1.36. The van der Waals surface area contributed by atoms with Gasteiger partial charge in [0.1, 0.15) is 17.7 Å². The number of fused-ring (bicyclic) bond motifs is 2. The van der Waals surface area contributed by atoms with Crippen molar-refractivity contribution in [1.29, 1.82) is 0 Å². The largest absolute Gasteiger partial charge is 0.507 e. The molecular weight excluding hydrogens is 435 g/mol. The zero-order valence-corrected chi connectivity index (χ0v) is 19.6. The molecule has 2 aliphatic rings. The second kappa shape index (κ2) is 8.20. The number of aryl methyl sites for hydroxylation is 1. The van der Waals surface area contributed by atoms with Gasteiger partial charge in [-0.05, 0) is 68.5 Å². The summed E-state index contributed by atoms with van der Waals surface area (Å²) in [4.78, 5) is 11.9. The predicted molar refractivity (Wildman–Crippen MR) is 127 cm³/mol. The molecule has 1 aromatic carbocycles. The van der Waals surface area contributed by atoms with Gasteiger partial charge >= 0.3 is 0 Å². The second-order valence-electron chi connectivity index (χ2n) is 10.2. The zero-order valence-electron chi connectivity index (χ0n) is 19.6. The van der Waals surface area contributed by atoms with Crippen LogP contribution in [0.2, 0.25) is 0 Å². The Labute approximate surface area is 197 Å². The molecule has 1 unspecified atom stereocenters. The molecule has 2 fully saturated rings. The number of phenolic OH excluding ortho intramolecular Hbond substituents is 1. The minimum atomic E-state index is -0.648. The molecule has 4 heterocycles. The maximum absolute atomic E-state index is 15.0. The van der Waals surface area contributed by atoms with Gasteiger partial charge in [-0.25, -0.2) is 4.39 Å². The van der Waals surface area contributed by atoms with Gasteiger partial charge in [0.2, 0.25) is 5.88 Å². The first kappa shape index (κ1) is 22.5. The summed E-state index contributed by atoms with van der Waals surface area (Å²) in [5.41, 5.74) is 0.993. The Morgan fingerprint density at radius 1 is 1.09 bits per heavy atom. The lowest BCUT2D eigenvalue weighted by atomic mass is 9.70. The van der Waals surface area contributed by atoms with Gasteiger partial charge in [-0.1, -0.05) is 0 Å². The highest BCUT2D eigenvalue weighted by atomic mass is 19.1. The van der Waals surface area contributed by atoms with E-state index >= 15 is 4.39 Å². The van der Waals surface area contributed by atoms with Crippen LogP contribution in [0.15, 0.2) is 47.4 Å². The number of nitrogens with one attached hydrogen (secondary N) is 1. The third kappa shape index (κ3) is 4.30. The molecule has 3 atom stereocenters. The topological polar surface area (TPSA) is 89.3 Å². The molecule has 8 heteroatoms. The highest BCUT2D eigenvalue weighted by Gasteiger charge is 2.46. The average Bonchev–Trinajstić information content (AvgIpc) is 2.75. The second-order valence-corrected chi connectivity index (χ2v) is 10.2. The van der Waals surface area contributed by atoms with Crippen LogP contribution in [0.4, 0.5) is 4.39 Å². The molecule has 2 bridgehead atoms. The summed E-state index contributed by atoms with van der Waals surface area (Å²) >= 11 is 0. The van der Waals surface area contributed by atoms with Crippen LogP contribution in [0, 0.1) is 5.82 Å². The number of piperidine rings is 2. The lowest BCUT2D eigenvalue weighted by Crippen LogP contribution is -2.65. The molecule has 178 valence electrons. The first-order valence-electron chi connectivity index (χ1n) is 11.6. The number of pyridine rings is 1. The van der Waals surface area contributed by atoms with E-state index in [2.05, 4.69) is 29.4 Å². The van der Waals surface area contributed by atoms with Crippen molar-refractivity contribution in [2.24, 2.45) is 7.05 Å². The predicted octanol–water partition coefficient (Wildman–Crippen LogP) is 4.19. The fraction of sp³-hybridized carbons (Fsp3) is 0.423. The minimum absolute atomic E-state index is 0.0275. The minimum Gasteiger partial charge on any atom is -0.507 e. The number of aromatic nitrogens is 3. The van der Waals surface area contributed by atoms with Crippen molar-refractivity contribution in [3.8, 4) is 34.0 Å². The molecule has 2 aromatic heterocycles. The third-order valence-electron chi connectivity index (χ3n) is 7.11. The van der Waals surface area contributed by atoms with Crippen molar-refractivity contribution >= 4 is 0 Å². The molecule has 3 aromatic rings. The van der Waals surface area contributed by atoms with E-state index < -0.39 is 5.82 Å². The van der Waals surface area contributed by atoms with Crippen LogP contribution < -0.4 is 15.6 Å². The van der Waals surface area contributed by atoms with Gasteiger partial charge in [0.15, 0.2) is 0 Å². The molecule has 2 N–H and O–H groups in total. The molecule has 7 nitrogen and oxygen atoms in total. The molecule has 5 rings (SSSR count). The molecular formula is C26H29FN4O3. The van der Waals surface area contributed by atoms with E-state index in [9.17, 15) is 9.90 Å². The number of ether oxygens (including phenoxy) is 1. The Morgan fingerprint density at radius 3 is 2.44 bits per heavy atom. The summed E-state index contributed by atoms with van der Waals surface area (Å²) in [6, 6.07) is 9.06. The Bertz CT molecular complexity index is 1250. The molecule has 0 saturated carbocycles. The van der Waals surface area contributed by atoms with Gasteiger partial charge in [0, 0.05) is 49.3 Å². The van der Waals surface area contributed by atoms with Crippen LogP contribution in [0.5, 0.6) is 11.6 Å². The average molecular weight is 465 g/mol. The summed E-state index contributed by atoms with van der Waals surface area (Å²) in [6.45, 7) is 4.49. The fourth-order valence-corrected chi connectivity index (χ4v) is 5.62. The van der Waals surface area contributed by atoms with Crippen molar-refractivity contribution in [1.82, 2.24) is 20.1 Å². The number of hydrogen-bond acceptors (Lipinski definition) is 6. The van der Waals surface area contributed by atoms with Gasteiger partial charge in [0.25, 0.3) is 5.56 Å². The quantitative estimate of drug-likeness (QED) is 0.602. The van der Waals surface area contributed by atoms with Crippen LogP contribution in [-0.4, -0.2) is 37.1 Å². The van der Waals surface area contributed by atoms with Crippen molar-refractivity contribution in [3.63, 3.8) is 0 Å². The Morgan fingerprint density at radius 2 is 1.82 bits per heavy atom. The number of halogens is 1. The highest BCUT2D eigenvalue weighted by molar-refractivity contribution is 5.74. The van der Waals surface area contributed by atoms with Gasteiger partial charge in [-0.3, -0.25) is 4.79 Å². The van der Waals surface area contributed by atoms with E-state index in [1.54, 1.807) is 31.4 Å². The SMILES string of the molecule is Cn1ccc(-c2cc(O)c(-c3ccc(OC4C[C@]5(C)CCC[C@](C)(C4)N5)nn3)c(F)c2)cc1=O. The molecule has 34 heavy (non-hydrogen) atoms. The number of hydrogen-bond donors (Lipinski definition) is 2. The van der Waals surface area contributed by atoms with Gasteiger partial charge in [-0.2, -0.15) is 0 Å². The normalized spacial score (nSPS) is 26.3. The van der Waals surface area contributed by atoms with E-state index in [-0.39, 0.29) is 39.7 Å². The maximum Gasteiger partial charge on any atom is 0.250 e. The first-order valence-corrected chi connectivity index (χ1v) is 11.6. The van der Waals surface area contributed by atoms with Gasteiger partial charge in [0.05, 0.1) is 11.3 Å². The summed E-state index contributed by atoms with van der Waals surface area (Å²) in [5, 5.41) is 22.6. The van der Waals surface area contributed by atoms with E-state index in [0.717, 1.165) is 25.7 Å². The lowest BCUT2D eigenvalue weighted by molar-refractivity contribution is 0.00726. The van der Waals surface area contributed by atoms with E-state index in [0.29, 0.717) is 17.0 Å². The Kier molecular flexibility index (Phi) is 5.43. The van der Waals surface area contributed by atoms with E-state index in [1.807, 2.05) is 0 Å². The Hall–Kier alpha value is -3.26. The molecule has 2 aliphatic heterocycles. The smallest absolute Gasteiger partial charge is 0.250 e. The van der Waals surface area contributed by atoms with E-state index in [4.69, 9.17) is 4.74 Å². The summed E-state index contributed by atoms with van der Waals surface area (Å²) < 4.78 is 22.6. The number of rotatable bonds is 4. The molecule has 0 amide bonds. The zero-order chi connectivity index (χ0) is 24.1. The van der Waals surface area contributed by atoms with Gasteiger partial charge < -0.3 is 19.7 Å². The fourth-order valence-electron chi connectivity index (χ4n) is 5.62. The highest BCUT2D eigenvalue weighted by Crippen LogP contribution is 2.41. The van der Waals surface area contributed by atoms with Crippen LogP contribution >= 0.6 is 0 Å². The van der Waals surface area contributed by atoms with Crippen LogP contribution in [0.25, 0.3) is 22.4 Å². The van der Waals surface area contributed by atoms with Crippen molar-refractivity contribution in [3.05, 3.63) is 58.8 Å². The summed E-state index contributed by atoms with van der Waals surface area (Å²) in [5.74, 6) is -0.533. The summed E-state index contributed by atoms with van der Waals surface area (Å²) in [6.07, 6.45) is 6.88. The van der Waals surface area contributed by atoms with Crippen molar-refractivity contribution < 1.29 is 14.2 Å². The third-order valence-corrected chi connectivity index (χ3v) is 7.11. The van der Waals surface area contributed by atoms with Crippen molar-refractivity contribution in [2.45, 2.75) is 63.1 Å². The molecule has 0 aliphatic carbocycles. The van der Waals surface area contributed by atoms with Gasteiger partial charge in [-0.15, -0.1) is 10.2 Å². The summed E-state index contributed by atoms with van der Waals surface area (Å²) in [7, 11) is 1.64. The number of nitrogens with zero attached hydrogens (tertiary/aromatic N) is 3. The molecule has 0 spiro atoms. The monoisotopic (exact) mass is 464 g/mol. The van der Waals surface area contributed by atoms with Crippen molar-refractivity contribution in [2.75, 3.05) is 0 Å². The molecule has 2 saturated heterocycles. The number of phenols is 1. The van der Waals surface area contributed by atoms with Crippen LogP contribution in [-0.2, 0) is 7.05 Å². The van der Waals surface area contributed by atoms with E-state index in [1.165, 1.54) is 29.2 Å². The van der Waals surface area contributed by atoms with Crippen LogP contribution in [0.3, 0.4) is 0 Å². The molecule has 0 radical (unpaired) electrons. The lowest BCUT2D eigenvalue weighted by Gasteiger charge is -2.53.